The van der Waals surface area contributed by atoms with Crippen LogP contribution in [0, 0.1) is 20.8 Å². The summed E-state index contributed by atoms with van der Waals surface area (Å²) < 4.78 is 0.726. The number of carbonyl (C=O) groups excluding carboxylic acids is 2. The predicted molar refractivity (Wildman–Crippen MR) is 87.7 cm³/mol. The van der Waals surface area contributed by atoms with Crippen molar-refractivity contribution in [1.29, 1.82) is 0 Å². The lowest BCUT2D eigenvalue weighted by Crippen LogP contribution is -2.29. The van der Waals surface area contributed by atoms with Crippen molar-refractivity contribution in [2.75, 3.05) is 10.6 Å². The second-order valence-corrected chi connectivity index (χ2v) is 6.61. The minimum atomic E-state index is -0.740. The van der Waals surface area contributed by atoms with E-state index in [1.807, 2.05) is 32.9 Å². The predicted octanol–water partition coefficient (Wildman–Crippen LogP) is 3.41. The molecule has 0 aliphatic carbocycles. The number of rotatable bonds is 2. The summed E-state index contributed by atoms with van der Waals surface area (Å²) in [4.78, 5) is 28.9. The van der Waals surface area contributed by atoms with Gasteiger partial charge >= 0.3 is 11.8 Å². The zero-order chi connectivity index (χ0) is 15.6. The number of aryl methyl sites for hydroxylation is 3. The SMILES string of the molecule is Cc1ccc(NC(=O)C(=O)Nc2nc(C)c(C)s2)c(Br)c1. The summed E-state index contributed by atoms with van der Waals surface area (Å²) in [6, 6.07) is 5.45. The Bertz CT molecular complexity index is 693. The van der Waals surface area contributed by atoms with Crippen LogP contribution in [0.15, 0.2) is 22.7 Å². The topological polar surface area (TPSA) is 71.1 Å². The Kier molecular flexibility index (Phi) is 4.74. The van der Waals surface area contributed by atoms with E-state index in [0.29, 0.717) is 10.8 Å². The van der Waals surface area contributed by atoms with Crippen molar-refractivity contribution in [3.63, 3.8) is 0 Å². The molecule has 0 spiro atoms. The maximum Gasteiger partial charge on any atom is 0.315 e. The number of hydrogen-bond donors (Lipinski definition) is 2. The molecule has 2 amide bonds. The van der Waals surface area contributed by atoms with Gasteiger partial charge in [0, 0.05) is 9.35 Å². The van der Waals surface area contributed by atoms with E-state index in [4.69, 9.17) is 0 Å². The van der Waals surface area contributed by atoms with Crippen molar-refractivity contribution in [3.05, 3.63) is 38.8 Å². The Morgan fingerprint density at radius 1 is 1.14 bits per heavy atom. The molecule has 0 aliphatic heterocycles. The summed E-state index contributed by atoms with van der Waals surface area (Å²) in [7, 11) is 0. The number of amides is 2. The first-order chi connectivity index (χ1) is 9.86. The highest BCUT2D eigenvalue weighted by molar-refractivity contribution is 9.10. The number of thiazole rings is 1. The van der Waals surface area contributed by atoms with Gasteiger partial charge < -0.3 is 5.32 Å². The number of nitrogens with one attached hydrogen (secondary N) is 2. The molecule has 0 unspecified atom stereocenters. The monoisotopic (exact) mass is 367 g/mol. The first-order valence-corrected chi connectivity index (χ1v) is 7.80. The Morgan fingerprint density at radius 2 is 1.81 bits per heavy atom. The number of halogens is 1. The summed E-state index contributed by atoms with van der Waals surface area (Å²) in [5.41, 5.74) is 2.45. The second-order valence-electron chi connectivity index (χ2n) is 4.55. The van der Waals surface area contributed by atoms with Crippen LogP contribution in [0.4, 0.5) is 10.8 Å². The molecule has 0 aliphatic rings. The molecule has 0 atom stereocenters. The largest absolute Gasteiger partial charge is 0.317 e. The van der Waals surface area contributed by atoms with Gasteiger partial charge in [0.2, 0.25) is 0 Å². The van der Waals surface area contributed by atoms with Gasteiger partial charge in [0.25, 0.3) is 0 Å². The van der Waals surface area contributed by atoms with Gasteiger partial charge in [-0.1, -0.05) is 6.07 Å². The van der Waals surface area contributed by atoms with Crippen molar-refractivity contribution in [1.82, 2.24) is 4.98 Å². The van der Waals surface area contributed by atoms with E-state index in [9.17, 15) is 9.59 Å². The average molecular weight is 368 g/mol. The van der Waals surface area contributed by atoms with E-state index in [-0.39, 0.29) is 0 Å². The third-order valence-corrected chi connectivity index (χ3v) is 4.47. The van der Waals surface area contributed by atoms with Crippen molar-refractivity contribution in [2.24, 2.45) is 0 Å². The van der Waals surface area contributed by atoms with Crippen LogP contribution < -0.4 is 10.6 Å². The van der Waals surface area contributed by atoms with Gasteiger partial charge in [0.1, 0.15) is 0 Å². The lowest BCUT2D eigenvalue weighted by molar-refractivity contribution is -0.133. The summed E-state index contributed by atoms with van der Waals surface area (Å²) in [6.07, 6.45) is 0. The van der Waals surface area contributed by atoms with E-state index in [1.165, 1.54) is 11.3 Å². The lowest BCUT2D eigenvalue weighted by atomic mass is 10.2. The Hall–Kier alpha value is -1.73. The molecule has 0 saturated carbocycles. The zero-order valence-corrected chi connectivity index (χ0v) is 14.2. The molecule has 0 bridgehead atoms. The molecular weight excluding hydrogens is 354 g/mol. The van der Waals surface area contributed by atoms with Crippen molar-refractivity contribution >= 4 is 49.9 Å². The molecule has 5 nitrogen and oxygen atoms in total. The van der Waals surface area contributed by atoms with Crippen molar-refractivity contribution < 1.29 is 9.59 Å². The molecule has 1 heterocycles. The maximum atomic E-state index is 11.9. The fourth-order valence-corrected chi connectivity index (χ4v) is 2.98. The Morgan fingerprint density at radius 3 is 2.38 bits per heavy atom. The smallest absolute Gasteiger partial charge is 0.315 e. The van der Waals surface area contributed by atoms with Crippen LogP contribution in [0.3, 0.4) is 0 Å². The minimum absolute atomic E-state index is 0.424. The Labute approximate surface area is 134 Å². The van der Waals surface area contributed by atoms with E-state index in [0.717, 1.165) is 20.6 Å². The van der Waals surface area contributed by atoms with E-state index in [2.05, 4.69) is 31.5 Å². The number of carbonyl (C=O) groups is 2. The normalized spacial score (nSPS) is 10.3. The molecule has 1 aromatic carbocycles. The van der Waals surface area contributed by atoms with Gasteiger partial charge in [-0.2, -0.15) is 0 Å². The summed E-state index contributed by atoms with van der Waals surface area (Å²) in [5, 5.41) is 5.48. The van der Waals surface area contributed by atoms with Crippen LogP contribution in [0.1, 0.15) is 16.1 Å². The highest BCUT2D eigenvalue weighted by Gasteiger charge is 2.17. The number of nitrogens with zero attached hydrogens (tertiary/aromatic N) is 1. The maximum absolute atomic E-state index is 11.9. The number of aromatic nitrogens is 1. The van der Waals surface area contributed by atoms with Crippen LogP contribution in [-0.2, 0) is 9.59 Å². The molecule has 2 aromatic rings. The van der Waals surface area contributed by atoms with Crippen LogP contribution in [0.25, 0.3) is 0 Å². The average Bonchev–Trinajstić information content (AvgIpc) is 2.71. The van der Waals surface area contributed by atoms with Crippen LogP contribution in [-0.4, -0.2) is 16.8 Å². The molecule has 0 fully saturated rings. The van der Waals surface area contributed by atoms with Crippen molar-refractivity contribution in [2.45, 2.75) is 20.8 Å². The highest BCUT2D eigenvalue weighted by atomic mass is 79.9. The van der Waals surface area contributed by atoms with Gasteiger partial charge in [-0.05, 0) is 54.4 Å². The molecular formula is C14H14BrN3O2S. The first-order valence-electron chi connectivity index (χ1n) is 6.19. The van der Waals surface area contributed by atoms with Gasteiger partial charge in [-0.15, -0.1) is 11.3 Å². The van der Waals surface area contributed by atoms with Gasteiger partial charge in [-0.3, -0.25) is 14.9 Å². The summed E-state index contributed by atoms with van der Waals surface area (Å²) in [6.45, 7) is 5.70. The quantitative estimate of drug-likeness (QED) is 0.798. The lowest BCUT2D eigenvalue weighted by Gasteiger charge is -2.07. The molecule has 110 valence electrons. The first kappa shape index (κ1) is 15.7. The highest BCUT2D eigenvalue weighted by Crippen LogP contribution is 2.24. The van der Waals surface area contributed by atoms with Crippen molar-refractivity contribution in [3.8, 4) is 0 Å². The summed E-state index contributed by atoms with van der Waals surface area (Å²) in [5.74, 6) is -1.47. The third-order valence-electron chi connectivity index (χ3n) is 2.83. The second kappa shape index (κ2) is 6.36. The molecule has 0 radical (unpaired) electrons. The fourth-order valence-electron chi connectivity index (χ4n) is 1.58. The molecule has 7 heteroatoms. The molecule has 21 heavy (non-hydrogen) atoms. The van der Waals surface area contributed by atoms with Gasteiger partial charge in [0.05, 0.1) is 11.4 Å². The Balaban J connectivity index is 2.04. The molecule has 0 saturated heterocycles. The third kappa shape index (κ3) is 3.89. The van der Waals surface area contributed by atoms with Crippen LogP contribution in [0.5, 0.6) is 0 Å². The fraction of sp³-hybridized carbons (Fsp3) is 0.214. The molecule has 1 aromatic heterocycles. The van der Waals surface area contributed by atoms with Crippen LogP contribution in [0.2, 0.25) is 0 Å². The minimum Gasteiger partial charge on any atom is -0.317 e. The van der Waals surface area contributed by atoms with Crippen LogP contribution >= 0.6 is 27.3 Å². The van der Waals surface area contributed by atoms with E-state index < -0.39 is 11.8 Å². The van der Waals surface area contributed by atoms with Gasteiger partial charge in [-0.25, -0.2) is 4.98 Å². The van der Waals surface area contributed by atoms with Gasteiger partial charge in [0.15, 0.2) is 5.13 Å². The zero-order valence-electron chi connectivity index (χ0n) is 11.8. The van der Waals surface area contributed by atoms with E-state index in [1.54, 1.807) is 6.07 Å². The number of benzene rings is 1. The van der Waals surface area contributed by atoms with E-state index >= 15 is 0 Å². The molecule has 2 N–H and O–H groups in total. The molecule has 2 rings (SSSR count). The summed E-state index contributed by atoms with van der Waals surface area (Å²) >= 11 is 4.69. The number of anilines is 2. The number of hydrogen-bond acceptors (Lipinski definition) is 4. The standard InChI is InChI=1S/C14H14BrN3O2S/c1-7-4-5-11(10(15)6-7)17-12(19)13(20)18-14-16-8(2)9(3)21-14/h4-6H,1-3H3,(H,17,19)(H,16,18,20).